The first-order valence-electron chi connectivity index (χ1n) is 5.59. The van der Waals surface area contributed by atoms with Crippen LogP contribution in [-0.2, 0) is 10.2 Å². The summed E-state index contributed by atoms with van der Waals surface area (Å²) in [5, 5.41) is 9.67. The molecular formula is C13H17BrO2. The van der Waals surface area contributed by atoms with Gasteiger partial charge in [-0.2, -0.15) is 0 Å². The van der Waals surface area contributed by atoms with Gasteiger partial charge in [-0.15, -0.1) is 0 Å². The van der Waals surface area contributed by atoms with Gasteiger partial charge >= 0.3 is 0 Å². The molecule has 1 heterocycles. The molecular weight excluding hydrogens is 268 g/mol. The highest BCUT2D eigenvalue weighted by Crippen LogP contribution is 2.36. The third-order valence-electron chi connectivity index (χ3n) is 3.32. The van der Waals surface area contributed by atoms with Gasteiger partial charge in [0.25, 0.3) is 0 Å². The Hall–Kier alpha value is -0.380. The van der Waals surface area contributed by atoms with Crippen LogP contribution >= 0.6 is 15.9 Å². The third-order valence-corrected chi connectivity index (χ3v) is 4.01. The zero-order valence-electron chi connectivity index (χ0n) is 9.45. The third kappa shape index (κ3) is 2.31. The summed E-state index contributed by atoms with van der Waals surface area (Å²) in [7, 11) is 0. The van der Waals surface area contributed by atoms with E-state index < -0.39 is 0 Å². The molecule has 1 saturated heterocycles. The summed E-state index contributed by atoms with van der Waals surface area (Å²) in [5.74, 6) is 0.587. The summed E-state index contributed by atoms with van der Waals surface area (Å²) < 4.78 is 6.27. The van der Waals surface area contributed by atoms with E-state index in [2.05, 4.69) is 28.9 Å². The van der Waals surface area contributed by atoms with Crippen molar-refractivity contribution < 1.29 is 9.84 Å². The number of aliphatic hydroxyl groups excluding tert-OH is 1. The van der Waals surface area contributed by atoms with Gasteiger partial charge in [0.05, 0.1) is 19.8 Å². The van der Waals surface area contributed by atoms with Gasteiger partial charge in [0.1, 0.15) is 0 Å². The molecule has 1 aliphatic heterocycles. The molecule has 88 valence electrons. The van der Waals surface area contributed by atoms with Crippen LogP contribution in [0.25, 0.3) is 0 Å². The number of ether oxygens (including phenoxy) is 1. The monoisotopic (exact) mass is 284 g/mol. The maximum absolute atomic E-state index is 9.67. The average Bonchev–Trinajstić information content (AvgIpc) is 2.24. The summed E-state index contributed by atoms with van der Waals surface area (Å²) in [5.41, 5.74) is 1.01. The fourth-order valence-corrected chi connectivity index (χ4v) is 3.01. The first-order chi connectivity index (χ1) is 7.65. The summed E-state index contributed by atoms with van der Waals surface area (Å²) in [6.07, 6.45) is 0.978. The minimum Gasteiger partial charge on any atom is -0.395 e. The molecule has 1 aliphatic rings. The number of hydrogen-bond donors (Lipinski definition) is 1. The summed E-state index contributed by atoms with van der Waals surface area (Å²) in [6, 6.07) is 8.13. The van der Waals surface area contributed by atoms with E-state index in [4.69, 9.17) is 4.74 Å². The van der Waals surface area contributed by atoms with Crippen molar-refractivity contribution in [3.05, 3.63) is 34.3 Å². The summed E-state index contributed by atoms with van der Waals surface area (Å²) in [4.78, 5) is 0. The Bertz CT molecular complexity index is 363. The highest BCUT2D eigenvalue weighted by Gasteiger charge is 2.33. The van der Waals surface area contributed by atoms with Crippen LogP contribution in [0.15, 0.2) is 28.7 Å². The lowest BCUT2D eigenvalue weighted by atomic mass is 9.75. The van der Waals surface area contributed by atoms with E-state index in [0.29, 0.717) is 5.92 Å². The molecule has 1 N–H and O–H groups in total. The van der Waals surface area contributed by atoms with E-state index in [1.165, 1.54) is 5.56 Å². The minimum absolute atomic E-state index is 0.172. The highest BCUT2D eigenvalue weighted by atomic mass is 79.9. The van der Waals surface area contributed by atoms with Crippen LogP contribution in [0.2, 0.25) is 0 Å². The molecule has 0 spiro atoms. The maximum atomic E-state index is 9.67. The molecule has 1 atom stereocenters. The van der Waals surface area contributed by atoms with Crippen molar-refractivity contribution >= 4 is 15.9 Å². The number of aliphatic hydroxyl groups is 1. The Morgan fingerprint density at radius 3 is 2.62 bits per heavy atom. The van der Waals surface area contributed by atoms with E-state index in [0.717, 1.165) is 24.1 Å². The van der Waals surface area contributed by atoms with Gasteiger partial charge < -0.3 is 9.84 Å². The maximum Gasteiger partial charge on any atom is 0.0525 e. The van der Waals surface area contributed by atoms with Gasteiger partial charge in [-0.1, -0.05) is 41.1 Å². The first kappa shape index (κ1) is 12.1. The smallest absolute Gasteiger partial charge is 0.0525 e. The van der Waals surface area contributed by atoms with E-state index in [-0.39, 0.29) is 12.0 Å². The average molecular weight is 285 g/mol. The van der Waals surface area contributed by atoms with Gasteiger partial charge in [0, 0.05) is 15.8 Å². The highest BCUT2D eigenvalue weighted by molar-refractivity contribution is 9.10. The van der Waals surface area contributed by atoms with Gasteiger partial charge in [-0.05, 0) is 18.1 Å². The van der Waals surface area contributed by atoms with Gasteiger partial charge in [-0.25, -0.2) is 0 Å². The molecule has 0 bridgehead atoms. The van der Waals surface area contributed by atoms with Crippen molar-refractivity contribution in [2.75, 3.05) is 19.8 Å². The molecule has 1 unspecified atom stereocenters. The van der Waals surface area contributed by atoms with Gasteiger partial charge in [-0.3, -0.25) is 0 Å². The first-order valence-corrected chi connectivity index (χ1v) is 6.38. The zero-order valence-corrected chi connectivity index (χ0v) is 11.0. The molecule has 2 nitrogen and oxygen atoms in total. The van der Waals surface area contributed by atoms with Crippen LogP contribution < -0.4 is 0 Å². The lowest BCUT2D eigenvalue weighted by molar-refractivity contribution is -0.0486. The van der Waals surface area contributed by atoms with E-state index in [1.807, 2.05) is 18.2 Å². The lowest BCUT2D eigenvalue weighted by Gasteiger charge is -2.36. The Morgan fingerprint density at radius 1 is 1.44 bits per heavy atom. The molecule has 2 rings (SSSR count). The van der Waals surface area contributed by atoms with Crippen molar-refractivity contribution in [3.63, 3.8) is 0 Å². The normalized spacial score (nSPS) is 20.2. The van der Waals surface area contributed by atoms with Crippen LogP contribution in [0.3, 0.4) is 0 Å². The van der Waals surface area contributed by atoms with Crippen LogP contribution in [0.4, 0.5) is 0 Å². The molecule has 0 amide bonds. The number of halogens is 1. The summed E-state index contributed by atoms with van der Waals surface area (Å²) in [6.45, 7) is 3.96. The fraction of sp³-hybridized carbons (Fsp3) is 0.538. The van der Waals surface area contributed by atoms with Crippen LogP contribution in [0, 0.1) is 5.92 Å². The molecule has 1 aromatic rings. The second kappa shape index (κ2) is 4.86. The van der Waals surface area contributed by atoms with Gasteiger partial charge in [0.2, 0.25) is 0 Å². The van der Waals surface area contributed by atoms with Crippen LogP contribution in [0.5, 0.6) is 0 Å². The van der Waals surface area contributed by atoms with Gasteiger partial charge in [0.15, 0.2) is 0 Å². The lowest BCUT2D eigenvalue weighted by Crippen LogP contribution is -2.37. The number of hydrogen-bond acceptors (Lipinski definition) is 2. The molecule has 0 aliphatic carbocycles. The standard InChI is InChI=1S/C13H17BrO2/c1-13(9-15,6-10-7-16-8-10)11-4-2-3-5-12(11)14/h2-5,10,15H,6-9H2,1H3. The van der Waals surface area contributed by atoms with E-state index in [9.17, 15) is 5.11 Å². The van der Waals surface area contributed by atoms with Crippen LogP contribution in [0.1, 0.15) is 18.9 Å². The van der Waals surface area contributed by atoms with E-state index >= 15 is 0 Å². The SMILES string of the molecule is CC(CO)(CC1COC1)c1ccccc1Br. The van der Waals surface area contributed by atoms with Crippen molar-refractivity contribution in [3.8, 4) is 0 Å². The quantitative estimate of drug-likeness (QED) is 0.921. The Morgan fingerprint density at radius 2 is 2.12 bits per heavy atom. The number of rotatable bonds is 4. The number of benzene rings is 1. The molecule has 0 saturated carbocycles. The van der Waals surface area contributed by atoms with Crippen molar-refractivity contribution in [1.29, 1.82) is 0 Å². The Kier molecular flexibility index (Phi) is 3.67. The largest absolute Gasteiger partial charge is 0.395 e. The van der Waals surface area contributed by atoms with Crippen molar-refractivity contribution in [2.24, 2.45) is 5.92 Å². The fourth-order valence-electron chi connectivity index (χ4n) is 2.25. The predicted molar refractivity (Wildman–Crippen MR) is 67.5 cm³/mol. The van der Waals surface area contributed by atoms with E-state index in [1.54, 1.807) is 0 Å². The zero-order chi connectivity index (χ0) is 11.6. The second-order valence-electron chi connectivity index (χ2n) is 4.81. The molecule has 16 heavy (non-hydrogen) atoms. The Labute approximate surface area is 105 Å². The summed E-state index contributed by atoms with van der Waals surface area (Å²) >= 11 is 3.56. The van der Waals surface area contributed by atoms with Crippen LogP contribution in [-0.4, -0.2) is 24.9 Å². The topological polar surface area (TPSA) is 29.5 Å². The van der Waals surface area contributed by atoms with Crippen molar-refractivity contribution in [1.82, 2.24) is 0 Å². The minimum atomic E-state index is -0.172. The second-order valence-corrected chi connectivity index (χ2v) is 5.66. The Balaban J connectivity index is 2.22. The molecule has 1 fully saturated rings. The molecule has 1 aromatic carbocycles. The van der Waals surface area contributed by atoms with Crippen molar-refractivity contribution in [2.45, 2.75) is 18.8 Å². The molecule has 0 radical (unpaired) electrons. The predicted octanol–water partition coefficient (Wildman–Crippen LogP) is 2.74. The molecule has 3 heteroatoms. The molecule has 0 aromatic heterocycles.